The van der Waals surface area contributed by atoms with Crippen LogP contribution in [0.2, 0.25) is 0 Å². The molecule has 7 nitrogen and oxygen atoms in total. The number of halogens is 3. The minimum Gasteiger partial charge on any atom is -0.399 e. The number of hydrogen-bond donors (Lipinski definition) is 1. The SMILES string of the molecule is Nc1ccc(S(=O)(=O)N2CCC3(CCN(C4CN(C(=O)C(F)(F)F)C4)CC3)CC2)cc1. The number of nitrogens with two attached hydrogens (primary N) is 1. The average Bonchev–Trinajstić information content (AvgIpc) is 2.68. The summed E-state index contributed by atoms with van der Waals surface area (Å²) in [6.07, 6.45) is -1.46. The Kier molecular flexibility index (Phi) is 5.72. The van der Waals surface area contributed by atoms with Crippen LogP contribution >= 0.6 is 0 Å². The predicted octanol–water partition coefficient (Wildman–Crippen LogP) is 1.91. The van der Waals surface area contributed by atoms with Crippen molar-refractivity contribution in [1.29, 1.82) is 0 Å². The smallest absolute Gasteiger partial charge is 0.399 e. The second kappa shape index (κ2) is 7.93. The first-order chi connectivity index (χ1) is 14.5. The number of anilines is 1. The Hall–Kier alpha value is -1.85. The average molecular weight is 461 g/mol. The Balaban J connectivity index is 1.27. The van der Waals surface area contributed by atoms with Gasteiger partial charge in [0.05, 0.1) is 4.90 Å². The first kappa shape index (κ1) is 22.3. The zero-order valence-corrected chi connectivity index (χ0v) is 18.0. The van der Waals surface area contributed by atoms with Crippen molar-refractivity contribution in [2.24, 2.45) is 5.41 Å². The normalized spacial score (nSPS) is 23.6. The van der Waals surface area contributed by atoms with Crippen molar-refractivity contribution < 1.29 is 26.4 Å². The number of alkyl halides is 3. The summed E-state index contributed by atoms with van der Waals surface area (Å²) in [6, 6.07) is 6.20. The molecule has 3 aliphatic heterocycles. The number of carbonyl (C=O) groups excluding carboxylic acids is 1. The van der Waals surface area contributed by atoms with Gasteiger partial charge in [-0.05, 0) is 68.5 Å². The molecule has 3 fully saturated rings. The summed E-state index contributed by atoms with van der Waals surface area (Å²) in [4.78, 5) is 14.5. The van der Waals surface area contributed by atoms with E-state index in [9.17, 15) is 26.4 Å². The van der Waals surface area contributed by atoms with Crippen LogP contribution in [-0.4, -0.2) is 79.9 Å². The Bertz CT molecular complexity index is 912. The van der Waals surface area contributed by atoms with E-state index in [-0.39, 0.29) is 29.4 Å². The van der Waals surface area contributed by atoms with Gasteiger partial charge in [-0.15, -0.1) is 0 Å². The van der Waals surface area contributed by atoms with Gasteiger partial charge >= 0.3 is 12.1 Å². The van der Waals surface area contributed by atoms with Gasteiger partial charge in [0.15, 0.2) is 0 Å². The molecule has 0 atom stereocenters. The number of piperidine rings is 2. The van der Waals surface area contributed by atoms with Crippen molar-refractivity contribution >= 4 is 21.6 Å². The van der Waals surface area contributed by atoms with E-state index in [4.69, 9.17) is 5.73 Å². The summed E-state index contributed by atoms with van der Waals surface area (Å²) >= 11 is 0. The van der Waals surface area contributed by atoms with Crippen LogP contribution in [0.25, 0.3) is 0 Å². The Morgan fingerprint density at radius 1 is 0.968 bits per heavy atom. The number of nitrogen functional groups attached to an aromatic ring is 1. The fourth-order valence-corrected chi connectivity index (χ4v) is 6.33. The van der Waals surface area contributed by atoms with Crippen LogP contribution in [0.3, 0.4) is 0 Å². The molecule has 3 saturated heterocycles. The molecule has 0 aliphatic carbocycles. The Morgan fingerprint density at radius 2 is 1.48 bits per heavy atom. The molecule has 172 valence electrons. The molecule has 0 saturated carbocycles. The van der Waals surface area contributed by atoms with Gasteiger partial charge in [-0.2, -0.15) is 17.5 Å². The highest BCUT2D eigenvalue weighted by molar-refractivity contribution is 7.89. The van der Waals surface area contributed by atoms with Crippen molar-refractivity contribution in [2.45, 2.75) is 42.8 Å². The van der Waals surface area contributed by atoms with Crippen LogP contribution in [0.4, 0.5) is 18.9 Å². The standard InChI is InChI=1S/C20H27F3N4O3S/c21-20(22,23)18(28)26-13-16(14-26)25-9-5-19(6-10-25)7-11-27(12-8-19)31(29,30)17-3-1-15(24)2-4-17/h1-4,16H,5-14,24H2. The molecule has 2 N–H and O–H groups in total. The second-order valence-electron chi connectivity index (χ2n) is 8.87. The van der Waals surface area contributed by atoms with Gasteiger partial charge in [-0.1, -0.05) is 0 Å². The number of rotatable bonds is 3. The lowest BCUT2D eigenvalue weighted by Gasteiger charge is -2.51. The first-order valence-corrected chi connectivity index (χ1v) is 11.9. The highest BCUT2D eigenvalue weighted by Crippen LogP contribution is 2.43. The summed E-state index contributed by atoms with van der Waals surface area (Å²) in [7, 11) is -3.54. The molecule has 11 heteroatoms. The minimum atomic E-state index is -4.81. The Morgan fingerprint density at radius 3 is 2.00 bits per heavy atom. The van der Waals surface area contributed by atoms with Crippen LogP contribution in [-0.2, 0) is 14.8 Å². The maximum absolute atomic E-state index is 12.9. The third kappa shape index (κ3) is 4.40. The van der Waals surface area contributed by atoms with Crippen molar-refractivity contribution in [1.82, 2.24) is 14.1 Å². The van der Waals surface area contributed by atoms with Crippen LogP contribution in [0.15, 0.2) is 29.2 Å². The molecule has 31 heavy (non-hydrogen) atoms. The third-order valence-corrected chi connectivity index (χ3v) is 8.98. The molecule has 3 heterocycles. The molecular formula is C20H27F3N4O3S. The summed E-state index contributed by atoms with van der Waals surface area (Å²) in [6.45, 7) is 2.71. The van der Waals surface area contributed by atoms with Gasteiger partial charge in [0.2, 0.25) is 10.0 Å². The summed E-state index contributed by atoms with van der Waals surface area (Å²) in [5.41, 5.74) is 6.24. The maximum Gasteiger partial charge on any atom is 0.471 e. The molecular weight excluding hydrogens is 433 g/mol. The van der Waals surface area contributed by atoms with Gasteiger partial charge in [-0.25, -0.2) is 8.42 Å². The summed E-state index contributed by atoms with van der Waals surface area (Å²) < 4.78 is 64.8. The fraction of sp³-hybridized carbons (Fsp3) is 0.650. The number of hydrogen-bond acceptors (Lipinski definition) is 5. The van der Waals surface area contributed by atoms with E-state index in [0.29, 0.717) is 18.8 Å². The fourth-order valence-electron chi connectivity index (χ4n) is 4.88. The Labute approximate surface area is 180 Å². The number of benzene rings is 1. The lowest BCUT2D eigenvalue weighted by Crippen LogP contribution is -2.64. The quantitative estimate of drug-likeness (QED) is 0.697. The largest absolute Gasteiger partial charge is 0.471 e. The molecule has 0 aromatic heterocycles. The highest BCUT2D eigenvalue weighted by atomic mass is 32.2. The number of nitrogens with zero attached hydrogens (tertiary/aromatic N) is 3. The molecule has 0 bridgehead atoms. The van der Waals surface area contributed by atoms with Crippen molar-refractivity contribution in [3.63, 3.8) is 0 Å². The van der Waals surface area contributed by atoms with Gasteiger partial charge in [0, 0.05) is 37.9 Å². The van der Waals surface area contributed by atoms with Crippen LogP contribution in [0.5, 0.6) is 0 Å². The summed E-state index contributed by atoms with van der Waals surface area (Å²) in [5.74, 6) is -1.76. The number of likely N-dealkylation sites (tertiary alicyclic amines) is 2. The molecule has 1 aromatic carbocycles. The lowest BCUT2D eigenvalue weighted by atomic mass is 9.71. The van der Waals surface area contributed by atoms with Crippen LogP contribution < -0.4 is 5.73 Å². The monoisotopic (exact) mass is 460 g/mol. The van der Waals surface area contributed by atoms with Gasteiger partial charge in [0.25, 0.3) is 0 Å². The molecule has 1 spiro atoms. The molecule has 4 rings (SSSR count). The lowest BCUT2D eigenvalue weighted by molar-refractivity contribution is -0.192. The topological polar surface area (TPSA) is 86.9 Å². The van der Waals surface area contributed by atoms with Crippen molar-refractivity contribution in [3.8, 4) is 0 Å². The van der Waals surface area contributed by atoms with E-state index in [1.54, 1.807) is 12.1 Å². The zero-order chi connectivity index (χ0) is 22.4. The van der Waals surface area contributed by atoms with Gasteiger partial charge < -0.3 is 10.6 Å². The van der Waals surface area contributed by atoms with Crippen LogP contribution in [0.1, 0.15) is 25.7 Å². The minimum absolute atomic E-state index is 0.0189. The molecule has 0 unspecified atom stereocenters. The summed E-state index contributed by atoms with van der Waals surface area (Å²) in [5, 5.41) is 0. The van der Waals surface area contributed by atoms with E-state index >= 15 is 0 Å². The van der Waals surface area contributed by atoms with Gasteiger partial charge in [0.1, 0.15) is 0 Å². The predicted molar refractivity (Wildman–Crippen MR) is 109 cm³/mol. The molecule has 1 amide bonds. The van der Waals surface area contributed by atoms with Crippen LogP contribution in [0, 0.1) is 5.41 Å². The van der Waals surface area contributed by atoms with Gasteiger partial charge in [-0.3, -0.25) is 9.69 Å². The highest BCUT2D eigenvalue weighted by Gasteiger charge is 2.49. The molecule has 3 aliphatic rings. The third-order valence-electron chi connectivity index (χ3n) is 7.07. The van der Waals surface area contributed by atoms with E-state index in [0.717, 1.165) is 43.7 Å². The number of carbonyl (C=O) groups is 1. The zero-order valence-electron chi connectivity index (χ0n) is 17.1. The first-order valence-electron chi connectivity index (χ1n) is 10.5. The van der Waals surface area contributed by atoms with Crippen molar-refractivity contribution in [2.75, 3.05) is 45.0 Å². The van der Waals surface area contributed by atoms with Crippen molar-refractivity contribution in [3.05, 3.63) is 24.3 Å². The number of amides is 1. The number of sulfonamides is 1. The van der Waals surface area contributed by atoms with E-state index in [1.165, 1.54) is 16.4 Å². The van der Waals surface area contributed by atoms with E-state index in [1.807, 2.05) is 0 Å². The van der Waals surface area contributed by atoms with E-state index < -0.39 is 22.1 Å². The molecule has 1 aromatic rings. The maximum atomic E-state index is 12.9. The molecule has 0 radical (unpaired) electrons. The second-order valence-corrected chi connectivity index (χ2v) is 10.8. The van der Waals surface area contributed by atoms with E-state index in [2.05, 4.69) is 4.90 Å².